The highest BCUT2D eigenvalue weighted by Gasteiger charge is 2.39. The quantitative estimate of drug-likeness (QED) is 0.675. The summed E-state index contributed by atoms with van der Waals surface area (Å²) in [4.78, 5) is 0. The van der Waals surface area contributed by atoms with Crippen LogP contribution in [-0.2, 0) is 0 Å². The van der Waals surface area contributed by atoms with Gasteiger partial charge >= 0.3 is 0 Å². The number of rotatable bonds is 4. The van der Waals surface area contributed by atoms with Crippen molar-refractivity contribution < 1.29 is 4.74 Å². The van der Waals surface area contributed by atoms with Crippen LogP contribution in [0.1, 0.15) is 24.0 Å². The number of nitrogens with zero attached hydrogens (tertiary/aromatic N) is 2. The first-order valence-corrected chi connectivity index (χ1v) is 8.07. The van der Waals surface area contributed by atoms with Gasteiger partial charge in [-0.2, -0.15) is 10.5 Å². The van der Waals surface area contributed by atoms with E-state index >= 15 is 0 Å². The average Bonchev–Trinajstić information content (AvgIpc) is 2.68. The van der Waals surface area contributed by atoms with E-state index in [1.54, 1.807) is 14.0 Å². The molecule has 3 rings (SSSR count). The van der Waals surface area contributed by atoms with Crippen molar-refractivity contribution in [1.29, 1.82) is 10.5 Å². The summed E-state index contributed by atoms with van der Waals surface area (Å²) in [7, 11) is 1.61. The molecule has 0 bridgehead atoms. The molecule has 0 saturated heterocycles. The first-order chi connectivity index (χ1) is 12.1. The molecule has 0 fully saturated rings. The van der Waals surface area contributed by atoms with Crippen molar-refractivity contribution in [3.8, 4) is 17.9 Å². The van der Waals surface area contributed by atoms with Crippen molar-refractivity contribution in [2.75, 3.05) is 7.11 Å². The number of hydrogen-bond acceptors (Lipinski definition) is 3. The predicted molar refractivity (Wildman–Crippen MR) is 98.1 cm³/mol. The van der Waals surface area contributed by atoms with Gasteiger partial charge in [0.2, 0.25) is 0 Å². The molecule has 1 atom stereocenters. The van der Waals surface area contributed by atoms with Crippen molar-refractivity contribution in [1.82, 2.24) is 0 Å². The summed E-state index contributed by atoms with van der Waals surface area (Å²) in [5.74, 6) is 0.252. The third-order valence-electron chi connectivity index (χ3n) is 4.63. The van der Waals surface area contributed by atoms with Gasteiger partial charge in [0.05, 0.1) is 19.2 Å². The second-order valence-electron chi connectivity index (χ2n) is 6.17. The Bertz CT molecular complexity index is 975. The fourth-order valence-electron chi connectivity index (χ4n) is 3.35. The number of nitriles is 2. The van der Waals surface area contributed by atoms with Gasteiger partial charge in [-0.05, 0) is 29.3 Å². The first-order valence-electron chi connectivity index (χ1n) is 8.07. The van der Waals surface area contributed by atoms with Crippen LogP contribution in [0.25, 0.3) is 10.8 Å². The zero-order chi connectivity index (χ0) is 17.9. The van der Waals surface area contributed by atoms with Crippen molar-refractivity contribution in [2.24, 2.45) is 5.41 Å². The Morgan fingerprint density at radius 1 is 0.840 bits per heavy atom. The van der Waals surface area contributed by atoms with Crippen molar-refractivity contribution >= 4 is 10.8 Å². The SMILES string of the molecule is COc1ccccc1C(c1cccc2ccccc12)C(C)(C#N)C#N. The number of methoxy groups -OCH3 is 1. The molecule has 3 aromatic carbocycles. The van der Waals surface area contributed by atoms with Crippen LogP contribution in [0, 0.1) is 28.1 Å². The van der Waals surface area contributed by atoms with Crippen LogP contribution in [-0.4, -0.2) is 7.11 Å². The summed E-state index contributed by atoms with van der Waals surface area (Å²) >= 11 is 0. The lowest BCUT2D eigenvalue weighted by Crippen LogP contribution is -2.24. The number of benzene rings is 3. The van der Waals surface area contributed by atoms with E-state index in [0.717, 1.165) is 21.9 Å². The highest BCUT2D eigenvalue weighted by molar-refractivity contribution is 5.87. The van der Waals surface area contributed by atoms with Gasteiger partial charge in [-0.3, -0.25) is 0 Å². The lowest BCUT2D eigenvalue weighted by molar-refractivity contribution is 0.397. The second kappa shape index (κ2) is 6.67. The molecule has 3 heteroatoms. The molecule has 3 aromatic rings. The van der Waals surface area contributed by atoms with Gasteiger partial charge in [-0.25, -0.2) is 0 Å². The maximum Gasteiger partial charge on any atom is 0.152 e. The summed E-state index contributed by atoms with van der Waals surface area (Å²) < 4.78 is 5.53. The number of fused-ring (bicyclic) bond motifs is 1. The monoisotopic (exact) mass is 326 g/mol. The van der Waals surface area contributed by atoms with E-state index in [1.807, 2.05) is 66.7 Å². The van der Waals surface area contributed by atoms with E-state index in [0.29, 0.717) is 5.75 Å². The molecule has 0 aliphatic rings. The van der Waals surface area contributed by atoms with E-state index < -0.39 is 11.3 Å². The molecule has 1 unspecified atom stereocenters. The zero-order valence-corrected chi connectivity index (χ0v) is 14.2. The fourth-order valence-corrected chi connectivity index (χ4v) is 3.35. The Labute approximate surface area is 147 Å². The number of hydrogen-bond donors (Lipinski definition) is 0. The molecule has 0 heterocycles. The number of ether oxygens (including phenoxy) is 1. The Kier molecular flexibility index (Phi) is 4.42. The molecule has 0 aliphatic heterocycles. The van der Waals surface area contributed by atoms with E-state index in [2.05, 4.69) is 12.1 Å². The zero-order valence-electron chi connectivity index (χ0n) is 14.2. The minimum absolute atomic E-state index is 0.426. The van der Waals surface area contributed by atoms with Crippen LogP contribution in [0.5, 0.6) is 5.75 Å². The second-order valence-corrected chi connectivity index (χ2v) is 6.17. The van der Waals surface area contributed by atoms with Crippen molar-refractivity contribution in [3.63, 3.8) is 0 Å². The third kappa shape index (κ3) is 2.82. The van der Waals surface area contributed by atoms with Crippen LogP contribution >= 0.6 is 0 Å². The Morgan fingerprint density at radius 2 is 1.44 bits per heavy atom. The lowest BCUT2D eigenvalue weighted by atomic mass is 9.70. The van der Waals surface area contributed by atoms with Crippen LogP contribution in [0.3, 0.4) is 0 Å². The summed E-state index contributed by atoms with van der Waals surface area (Å²) in [6, 6.07) is 26.1. The lowest BCUT2D eigenvalue weighted by Gasteiger charge is -2.29. The summed E-state index contributed by atoms with van der Waals surface area (Å²) in [5, 5.41) is 21.7. The Balaban J connectivity index is 2.37. The molecular formula is C22H18N2O. The molecule has 122 valence electrons. The van der Waals surface area contributed by atoms with E-state index in [9.17, 15) is 10.5 Å². The highest BCUT2D eigenvalue weighted by Crippen LogP contribution is 2.45. The molecule has 0 aliphatic carbocycles. The van der Waals surface area contributed by atoms with Crippen LogP contribution in [0.2, 0.25) is 0 Å². The van der Waals surface area contributed by atoms with Crippen LogP contribution in [0.4, 0.5) is 0 Å². The summed E-state index contributed by atoms with van der Waals surface area (Å²) in [6.45, 7) is 1.69. The van der Waals surface area contributed by atoms with Gasteiger partial charge in [0.1, 0.15) is 5.75 Å². The van der Waals surface area contributed by atoms with Gasteiger partial charge in [-0.15, -0.1) is 0 Å². The summed E-state index contributed by atoms with van der Waals surface area (Å²) in [5.41, 5.74) is 0.568. The van der Waals surface area contributed by atoms with Gasteiger partial charge in [0.15, 0.2) is 5.41 Å². The summed E-state index contributed by atoms with van der Waals surface area (Å²) in [6.07, 6.45) is 0. The maximum atomic E-state index is 9.80. The van der Waals surface area contributed by atoms with Crippen molar-refractivity contribution in [2.45, 2.75) is 12.8 Å². The van der Waals surface area contributed by atoms with Crippen LogP contribution < -0.4 is 4.74 Å². The van der Waals surface area contributed by atoms with E-state index in [-0.39, 0.29) is 0 Å². The molecule has 0 aromatic heterocycles. The molecule has 0 N–H and O–H groups in total. The average molecular weight is 326 g/mol. The van der Waals surface area contributed by atoms with E-state index in [1.165, 1.54) is 0 Å². The maximum absolute atomic E-state index is 9.80. The predicted octanol–water partition coefficient (Wildman–Crippen LogP) is 5.03. The molecule has 25 heavy (non-hydrogen) atoms. The van der Waals surface area contributed by atoms with Crippen LogP contribution in [0.15, 0.2) is 66.7 Å². The fraction of sp³-hybridized carbons (Fsp3) is 0.182. The highest BCUT2D eigenvalue weighted by atomic mass is 16.5. The standard InChI is InChI=1S/C22H18N2O/c1-22(14-23,15-24)21(19-11-5-6-13-20(19)25-2)18-12-7-9-16-8-3-4-10-17(16)18/h3-13,21H,1-2H3. The van der Waals surface area contributed by atoms with E-state index in [4.69, 9.17) is 4.74 Å². The van der Waals surface area contributed by atoms with Gasteiger partial charge in [-0.1, -0.05) is 60.7 Å². The molecule has 0 spiro atoms. The smallest absolute Gasteiger partial charge is 0.152 e. The molecule has 0 radical (unpaired) electrons. The molecule has 0 saturated carbocycles. The first kappa shape index (κ1) is 16.6. The molecule has 3 nitrogen and oxygen atoms in total. The van der Waals surface area contributed by atoms with Gasteiger partial charge < -0.3 is 4.74 Å². The Morgan fingerprint density at radius 3 is 2.16 bits per heavy atom. The topological polar surface area (TPSA) is 56.8 Å². The van der Waals surface area contributed by atoms with Crippen molar-refractivity contribution in [3.05, 3.63) is 77.9 Å². The third-order valence-corrected chi connectivity index (χ3v) is 4.63. The molecular weight excluding hydrogens is 308 g/mol. The minimum Gasteiger partial charge on any atom is -0.496 e. The normalized spacial score (nSPS) is 12.2. The number of para-hydroxylation sites is 1. The molecule has 0 amide bonds. The Hall–Kier alpha value is -3.30. The minimum atomic E-state index is -1.22. The largest absolute Gasteiger partial charge is 0.496 e. The van der Waals surface area contributed by atoms with Gasteiger partial charge in [0.25, 0.3) is 0 Å². The van der Waals surface area contributed by atoms with Gasteiger partial charge in [0, 0.05) is 11.5 Å².